The van der Waals surface area contributed by atoms with Crippen molar-refractivity contribution in [3.63, 3.8) is 0 Å². The first-order chi connectivity index (χ1) is 17.4. The van der Waals surface area contributed by atoms with Crippen molar-refractivity contribution in [3.05, 3.63) is 63.8 Å². The number of rotatable bonds is 6. The summed E-state index contributed by atoms with van der Waals surface area (Å²) >= 11 is 0. The van der Waals surface area contributed by atoms with E-state index >= 15 is 0 Å². The van der Waals surface area contributed by atoms with Crippen LogP contribution in [0.5, 0.6) is 28.7 Å². The lowest BCUT2D eigenvalue weighted by molar-refractivity contribution is -0.0420. The van der Waals surface area contributed by atoms with Crippen molar-refractivity contribution < 1.29 is 34.7 Å². The molecule has 2 aliphatic heterocycles. The molecule has 0 spiro atoms. The molecule has 2 aromatic rings. The van der Waals surface area contributed by atoms with Crippen molar-refractivity contribution >= 4 is 5.78 Å². The molecule has 0 unspecified atom stereocenters. The first-order valence-corrected chi connectivity index (χ1v) is 12.7. The Hall–Kier alpha value is -3.45. The van der Waals surface area contributed by atoms with Crippen molar-refractivity contribution in [2.24, 2.45) is 0 Å². The minimum atomic E-state index is -0.864. The van der Waals surface area contributed by atoms with Crippen LogP contribution >= 0.6 is 0 Å². The summed E-state index contributed by atoms with van der Waals surface area (Å²) in [4.78, 5) is 13.2. The highest BCUT2D eigenvalue weighted by Gasteiger charge is 2.41. The summed E-state index contributed by atoms with van der Waals surface area (Å²) in [6.07, 6.45) is 4.90. The van der Waals surface area contributed by atoms with Gasteiger partial charge in [0.15, 0.2) is 17.3 Å². The van der Waals surface area contributed by atoms with E-state index in [-0.39, 0.29) is 47.2 Å². The summed E-state index contributed by atoms with van der Waals surface area (Å²) in [5, 5.41) is 42.2. The van der Waals surface area contributed by atoms with E-state index in [0.717, 1.165) is 18.4 Å². The average molecular weight is 509 g/mol. The first kappa shape index (κ1) is 26.6. The molecule has 2 heterocycles. The number of hydrogen-bond acceptors (Lipinski definition) is 7. The van der Waals surface area contributed by atoms with E-state index in [0.29, 0.717) is 28.9 Å². The van der Waals surface area contributed by atoms with Gasteiger partial charge in [-0.1, -0.05) is 29.4 Å². The van der Waals surface area contributed by atoms with Gasteiger partial charge in [-0.3, -0.25) is 4.79 Å². The summed E-state index contributed by atoms with van der Waals surface area (Å²) in [5.41, 5.74) is 3.09. The molecule has 0 aromatic heterocycles. The molecule has 7 heteroatoms. The largest absolute Gasteiger partial charge is 0.507 e. The summed E-state index contributed by atoms with van der Waals surface area (Å²) in [6, 6.07) is 4.64. The standard InChI is InChI=1S/C30H36O7/c1-16(2)7-6-8-17(3)9-10-19-18(11-12-21(31)28(19)34)23-14-22(32)27-25(36-23)15-24-20(29(27)35)13-26(33)30(4,5)37-24/h7,9,11-12,15,23,26,31,33-35H,6,8,10,13-14H2,1-5H3/b17-9+/t23-,26+/m0/s1. The number of hydrogen-bond donors (Lipinski definition) is 4. The zero-order valence-electron chi connectivity index (χ0n) is 22.1. The smallest absolute Gasteiger partial charge is 0.174 e. The maximum Gasteiger partial charge on any atom is 0.174 e. The van der Waals surface area contributed by atoms with Crippen LogP contribution in [0.25, 0.3) is 0 Å². The molecule has 2 aromatic carbocycles. The zero-order valence-corrected chi connectivity index (χ0v) is 22.1. The Kier molecular flexibility index (Phi) is 7.29. The second kappa shape index (κ2) is 10.1. The third-order valence-electron chi connectivity index (χ3n) is 7.21. The topological polar surface area (TPSA) is 116 Å². The maximum absolute atomic E-state index is 13.2. The highest BCUT2D eigenvalue weighted by Crippen LogP contribution is 2.49. The number of ether oxygens (including phenoxy) is 2. The molecule has 198 valence electrons. The molecule has 0 radical (unpaired) electrons. The van der Waals surface area contributed by atoms with Crippen molar-refractivity contribution in [1.82, 2.24) is 0 Å². The van der Waals surface area contributed by atoms with Crippen LogP contribution in [0, 0.1) is 0 Å². The normalized spacial score (nSPS) is 20.4. The average Bonchev–Trinajstić information content (AvgIpc) is 2.80. The molecule has 2 aliphatic rings. The van der Waals surface area contributed by atoms with Crippen LogP contribution in [0.2, 0.25) is 0 Å². The van der Waals surface area contributed by atoms with Crippen LogP contribution in [-0.4, -0.2) is 37.9 Å². The third kappa shape index (κ3) is 5.32. The molecular weight excluding hydrogens is 472 g/mol. The van der Waals surface area contributed by atoms with Crippen LogP contribution in [0.15, 0.2) is 41.5 Å². The Morgan fingerprint density at radius 2 is 1.78 bits per heavy atom. The van der Waals surface area contributed by atoms with Gasteiger partial charge in [0, 0.05) is 29.2 Å². The lowest BCUT2D eigenvalue weighted by atomic mass is 9.86. The predicted octanol–water partition coefficient (Wildman–Crippen LogP) is 5.82. The molecule has 0 bridgehead atoms. The van der Waals surface area contributed by atoms with Gasteiger partial charge >= 0.3 is 0 Å². The van der Waals surface area contributed by atoms with Crippen LogP contribution in [0.3, 0.4) is 0 Å². The molecule has 0 saturated carbocycles. The molecule has 37 heavy (non-hydrogen) atoms. The molecule has 0 saturated heterocycles. The highest BCUT2D eigenvalue weighted by molar-refractivity contribution is 6.03. The van der Waals surface area contributed by atoms with Crippen molar-refractivity contribution in [3.8, 4) is 28.7 Å². The molecule has 0 aliphatic carbocycles. The van der Waals surface area contributed by atoms with E-state index in [4.69, 9.17) is 9.47 Å². The van der Waals surface area contributed by atoms with Gasteiger partial charge in [0.1, 0.15) is 34.5 Å². The fourth-order valence-corrected chi connectivity index (χ4v) is 4.87. The molecule has 0 amide bonds. The Bertz CT molecular complexity index is 1280. The lowest BCUT2D eigenvalue weighted by Gasteiger charge is -2.38. The van der Waals surface area contributed by atoms with Gasteiger partial charge in [0.2, 0.25) is 0 Å². The first-order valence-electron chi connectivity index (χ1n) is 12.7. The molecule has 0 fully saturated rings. The number of ketones is 1. The number of carbonyl (C=O) groups is 1. The number of phenols is 3. The minimum Gasteiger partial charge on any atom is -0.507 e. The number of Topliss-reactive ketones (excluding diaryl/α,β-unsaturated/α-hetero) is 1. The van der Waals surface area contributed by atoms with Crippen molar-refractivity contribution in [2.75, 3.05) is 0 Å². The quantitative estimate of drug-likeness (QED) is 0.287. The fourth-order valence-electron chi connectivity index (χ4n) is 4.87. The second-order valence-electron chi connectivity index (χ2n) is 10.8. The molecule has 7 nitrogen and oxygen atoms in total. The van der Waals surface area contributed by atoms with Crippen LogP contribution < -0.4 is 9.47 Å². The van der Waals surface area contributed by atoms with E-state index in [1.165, 1.54) is 11.6 Å². The Morgan fingerprint density at radius 3 is 2.49 bits per heavy atom. The number of allylic oxidation sites excluding steroid dienone is 4. The van der Waals surface area contributed by atoms with Gasteiger partial charge in [0.05, 0.1) is 12.5 Å². The second-order valence-corrected chi connectivity index (χ2v) is 10.8. The number of aliphatic hydroxyl groups excluding tert-OH is 1. The molecule has 4 N–H and O–H groups in total. The fraction of sp³-hybridized carbons (Fsp3) is 0.433. The monoisotopic (exact) mass is 508 g/mol. The van der Waals surface area contributed by atoms with Gasteiger partial charge in [-0.25, -0.2) is 0 Å². The summed E-state index contributed by atoms with van der Waals surface area (Å²) in [7, 11) is 0. The Labute approximate surface area is 217 Å². The van der Waals surface area contributed by atoms with E-state index < -0.39 is 17.8 Å². The molecular formula is C30H36O7. The van der Waals surface area contributed by atoms with Crippen molar-refractivity contribution in [1.29, 1.82) is 0 Å². The van der Waals surface area contributed by atoms with Gasteiger partial charge in [-0.05, 0) is 59.9 Å². The number of fused-ring (bicyclic) bond motifs is 2. The van der Waals surface area contributed by atoms with Crippen LogP contribution in [0.4, 0.5) is 0 Å². The SMILES string of the molecule is CC(C)=CCC/C(C)=C/Cc1c([C@@H]2CC(=O)c3c(cc4c(c3O)C[C@@H](O)C(C)(C)O4)O2)ccc(O)c1O. The van der Waals surface area contributed by atoms with Gasteiger partial charge in [0.25, 0.3) is 0 Å². The van der Waals surface area contributed by atoms with Crippen LogP contribution in [0.1, 0.15) is 87.0 Å². The van der Waals surface area contributed by atoms with Crippen molar-refractivity contribution in [2.45, 2.75) is 84.5 Å². The van der Waals surface area contributed by atoms with E-state index in [2.05, 4.69) is 19.9 Å². The van der Waals surface area contributed by atoms with Gasteiger partial charge < -0.3 is 29.9 Å². The van der Waals surface area contributed by atoms with Gasteiger partial charge in [-0.15, -0.1) is 0 Å². The van der Waals surface area contributed by atoms with Crippen LogP contribution in [-0.2, 0) is 12.8 Å². The number of benzene rings is 2. The highest BCUT2D eigenvalue weighted by atomic mass is 16.5. The number of aliphatic hydroxyl groups is 1. The van der Waals surface area contributed by atoms with Gasteiger partial charge in [-0.2, -0.15) is 0 Å². The minimum absolute atomic E-state index is 0.0469. The lowest BCUT2D eigenvalue weighted by Crippen LogP contribution is -2.46. The van der Waals surface area contributed by atoms with E-state index in [1.54, 1.807) is 26.0 Å². The molecule has 2 atom stereocenters. The zero-order chi connectivity index (χ0) is 27.1. The number of carbonyl (C=O) groups excluding carboxylic acids is 1. The third-order valence-corrected chi connectivity index (χ3v) is 7.21. The van der Waals surface area contributed by atoms with E-state index in [1.807, 2.05) is 13.0 Å². The summed E-state index contributed by atoms with van der Waals surface area (Å²) in [5.74, 6) is -0.453. The Morgan fingerprint density at radius 1 is 1.05 bits per heavy atom. The Balaban J connectivity index is 1.67. The maximum atomic E-state index is 13.2. The number of phenolic OH excluding ortho intramolecular Hbond substituents is 3. The molecule has 4 rings (SSSR count). The van der Waals surface area contributed by atoms with E-state index in [9.17, 15) is 25.2 Å². The number of aromatic hydroxyl groups is 3. The summed E-state index contributed by atoms with van der Waals surface area (Å²) < 4.78 is 12.2. The predicted molar refractivity (Wildman–Crippen MR) is 141 cm³/mol. The summed E-state index contributed by atoms with van der Waals surface area (Å²) in [6.45, 7) is 9.66.